The molecule has 0 aliphatic carbocycles. The molecule has 1 N–H and O–H groups in total. The number of carbonyl (C=O) groups excluding carboxylic acids is 2. The number of phenolic OH excluding ortho intramolecular Hbond substituents is 1. The van der Waals surface area contributed by atoms with E-state index >= 15 is 0 Å². The zero-order valence-corrected chi connectivity index (χ0v) is 7.81. The van der Waals surface area contributed by atoms with Gasteiger partial charge in [-0.25, -0.2) is 0 Å². The molecule has 0 heterocycles. The fourth-order valence-electron chi connectivity index (χ4n) is 1.60. The van der Waals surface area contributed by atoms with Gasteiger partial charge in [0.1, 0.15) is 5.75 Å². The van der Waals surface area contributed by atoms with E-state index in [1.54, 1.807) is 24.3 Å². The predicted molar refractivity (Wildman–Crippen MR) is 56.4 cm³/mol. The SMILES string of the molecule is O=Cc1cc2ccccc2c(C=O)c1O. The first kappa shape index (κ1) is 9.40. The number of hydrogen-bond acceptors (Lipinski definition) is 3. The molecule has 0 amide bonds. The Balaban J connectivity index is 2.95. The lowest BCUT2D eigenvalue weighted by atomic mass is 10.0. The van der Waals surface area contributed by atoms with Gasteiger partial charge in [-0.1, -0.05) is 24.3 Å². The average Bonchev–Trinajstić information content (AvgIpc) is 2.28. The van der Waals surface area contributed by atoms with E-state index in [9.17, 15) is 14.7 Å². The van der Waals surface area contributed by atoms with Crippen LogP contribution in [-0.2, 0) is 0 Å². The number of aromatic hydroxyl groups is 1. The first-order valence-electron chi connectivity index (χ1n) is 4.43. The van der Waals surface area contributed by atoms with Gasteiger partial charge in [0.15, 0.2) is 12.6 Å². The molecule has 0 unspecified atom stereocenters. The van der Waals surface area contributed by atoms with Crippen LogP contribution in [0.15, 0.2) is 30.3 Å². The average molecular weight is 200 g/mol. The molecule has 0 spiro atoms. The van der Waals surface area contributed by atoms with Crippen LogP contribution in [0.25, 0.3) is 10.8 Å². The Morgan fingerprint density at radius 2 is 1.80 bits per heavy atom. The lowest BCUT2D eigenvalue weighted by Crippen LogP contribution is -1.90. The van der Waals surface area contributed by atoms with Crippen LogP contribution in [0, 0.1) is 0 Å². The van der Waals surface area contributed by atoms with Crippen molar-refractivity contribution in [1.82, 2.24) is 0 Å². The smallest absolute Gasteiger partial charge is 0.154 e. The maximum atomic E-state index is 10.8. The molecular weight excluding hydrogens is 192 g/mol. The van der Waals surface area contributed by atoms with Crippen LogP contribution >= 0.6 is 0 Å². The van der Waals surface area contributed by atoms with Gasteiger partial charge in [0.2, 0.25) is 0 Å². The van der Waals surface area contributed by atoms with E-state index < -0.39 is 0 Å². The van der Waals surface area contributed by atoms with Gasteiger partial charge < -0.3 is 5.11 Å². The van der Waals surface area contributed by atoms with E-state index in [1.807, 2.05) is 6.07 Å². The number of fused-ring (bicyclic) bond motifs is 1. The highest BCUT2D eigenvalue weighted by atomic mass is 16.3. The Kier molecular flexibility index (Phi) is 2.21. The van der Waals surface area contributed by atoms with Crippen molar-refractivity contribution < 1.29 is 14.7 Å². The van der Waals surface area contributed by atoms with Crippen LogP contribution in [0.2, 0.25) is 0 Å². The second-order valence-corrected chi connectivity index (χ2v) is 3.18. The maximum absolute atomic E-state index is 10.8. The minimum absolute atomic E-state index is 0.135. The third kappa shape index (κ3) is 1.38. The molecular formula is C12H8O3. The molecule has 3 heteroatoms. The van der Waals surface area contributed by atoms with Crippen molar-refractivity contribution in [2.75, 3.05) is 0 Å². The van der Waals surface area contributed by atoms with Gasteiger partial charge in [-0.2, -0.15) is 0 Å². The number of aldehydes is 2. The van der Waals surface area contributed by atoms with Crippen LogP contribution in [0.3, 0.4) is 0 Å². The van der Waals surface area contributed by atoms with Crippen LogP contribution in [0.4, 0.5) is 0 Å². The van der Waals surface area contributed by atoms with Crippen LogP contribution in [0.1, 0.15) is 20.7 Å². The highest BCUT2D eigenvalue weighted by Crippen LogP contribution is 2.28. The largest absolute Gasteiger partial charge is 0.506 e. The van der Waals surface area contributed by atoms with Gasteiger partial charge in [0.25, 0.3) is 0 Å². The maximum Gasteiger partial charge on any atom is 0.154 e. The fraction of sp³-hybridized carbons (Fsp3) is 0. The molecule has 3 nitrogen and oxygen atoms in total. The molecule has 0 radical (unpaired) electrons. The molecule has 0 saturated heterocycles. The van der Waals surface area contributed by atoms with Crippen molar-refractivity contribution in [2.45, 2.75) is 0 Å². The summed E-state index contributed by atoms with van der Waals surface area (Å²) in [4.78, 5) is 21.5. The summed E-state index contributed by atoms with van der Waals surface area (Å²) < 4.78 is 0. The molecule has 0 fully saturated rings. The summed E-state index contributed by atoms with van der Waals surface area (Å²) >= 11 is 0. The molecule has 0 aliphatic heterocycles. The van der Waals surface area contributed by atoms with Gasteiger partial charge in [-0.3, -0.25) is 9.59 Å². The van der Waals surface area contributed by atoms with Crippen molar-refractivity contribution >= 4 is 23.3 Å². The number of phenols is 1. The molecule has 0 atom stereocenters. The summed E-state index contributed by atoms with van der Waals surface area (Å²) in [5, 5.41) is 11.0. The Labute approximate surface area is 86.0 Å². The summed E-state index contributed by atoms with van der Waals surface area (Å²) in [5.74, 6) is -0.251. The second-order valence-electron chi connectivity index (χ2n) is 3.18. The minimum atomic E-state index is -0.251. The van der Waals surface area contributed by atoms with E-state index in [1.165, 1.54) is 0 Å². The Morgan fingerprint density at radius 1 is 1.07 bits per heavy atom. The van der Waals surface area contributed by atoms with Gasteiger partial charge >= 0.3 is 0 Å². The van der Waals surface area contributed by atoms with Gasteiger partial charge in [0, 0.05) is 0 Å². The Hall–Kier alpha value is -2.16. The number of benzene rings is 2. The number of rotatable bonds is 2. The summed E-state index contributed by atoms with van der Waals surface area (Å²) in [6.07, 6.45) is 1.10. The molecule has 2 rings (SSSR count). The molecule has 0 aliphatic rings. The van der Waals surface area contributed by atoms with Crippen molar-refractivity contribution in [3.05, 3.63) is 41.5 Å². The molecule has 15 heavy (non-hydrogen) atoms. The van der Waals surface area contributed by atoms with Crippen molar-refractivity contribution in [1.29, 1.82) is 0 Å². The van der Waals surface area contributed by atoms with Gasteiger partial charge in [-0.05, 0) is 16.8 Å². The quantitative estimate of drug-likeness (QED) is 0.756. The monoisotopic (exact) mass is 200 g/mol. The zero-order chi connectivity index (χ0) is 10.8. The molecule has 74 valence electrons. The molecule has 0 saturated carbocycles. The van der Waals surface area contributed by atoms with E-state index in [0.717, 1.165) is 5.39 Å². The van der Waals surface area contributed by atoms with E-state index in [-0.39, 0.29) is 16.9 Å². The molecule has 0 bridgehead atoms. The lowest BCUT2D eigenvalue weighted by molar-refractivity contribution is 0.112. The molecule has 2 aromatic carbocycles. The first-order chi connectivity index (χ1) is 7.27. The van der Waals surface area contributed by atoms with E-state index in [2.05, 4.69) is 0 Å². The second kappa shape index (κ2) is 3.53. The van der Waals surface area contributed by atoms with Crippen molar-refractivity contribution in [3.8, 4) is 5.75 Å². The normalized spacial score (nSPS) is 10.1. The molecule has 0 aromatic heterocycles. The van der Waals surface area contributed by atoms with E-state index in [0.29, 0.717) is 18.0 Å². The zero-order valence-electron chi connectivity index (χ0n) is 7.81. The van der Waals surface area contributed by atoms with Crippen molar-refractivity contribution in [3.63, 3.8) is 0 Å². The summed E-state index contributed by atoms with van der Waals surface area (Å²) in [6.45, 7) is 0. The Bertz CT molecular complexity index is 544. The van der Waals surface area contributed by atoms with Gasteiger partial charge in [-0.15, -0.1) is 0 Å². The predicted octanol–water partition coefficient (Wildman–Crippen LogP) is 2.17. The van der Waals surface area contributed by atoms with Crippen molar-refractivity contribution in [2.24, 2.45) is 0 Å². The van der Waals surface area contributed by atoms with Crippen LogP contribution in [-0.4, -0.2) is 17.7 Å². The Morgan fingerprint density at radius 3 is 2.47 bits per heavy atom. The highest BCUT2D eigenvalue weighted by Gasteiger charge is 2.10. The molecule has 2 aromatic rings. The third-order valence-electron chi connectivity index (χ3n) is 2.34. The van der Waals surface area contributed by atoms with Gasteiger partial charge in [0.05, 0.1) is 11.1 Å². The van der Waals surface area contributed by atoms with Crippen LogP contribution in [0.5, 0.6) is 5.75 Å². The minimum Gasteiger partial charge on any atom is -0.506 e. The van der Waals surface area contributed by atoms with Crippen LogP contribution < -0.4 is 0 Å². The lowest BCUT2D eigenvalue weighted by Gasteiger charge is -2.05. The summed E-state index contributed by atoms with van der Waals surface area (Å²) in [7, 11) is 0. The highest BCUT2D eigenvalue weighted by molar-refractivity contribution is 6.04. The topological polar surface area (TPSA) is 54.4 Å². The first-order valence-corrected chi connectivity index (χ1v) is 4.43. The standard InChI is InChI=1S/C12H8O3/c13-6-9-5-8-3-1-2-4-10(8)11(7-14)12(9)15/h1-7,15H. The number of hydrogen-bond donors (Lipinski definition) is 1. The summed E-state index contributed by atoms with van der Waals surface area (Å²) in [5.41, 5.74) is 0.297. The fourth-order valence-corrected chi connectivity index (χ4v) is 1.60. The third-order valence-corrected chi connectivity index (χ3v) is 2.34. The van der Waals surface area contributed by atoms with E-state index in [4.69, 9.17) is 0 Å². The summed E-state index contributed by atoms with van der Waals surface area (Å²) in [6, 6.07) is 8.66. The number of carbonyl (C=O) groups is 2.